The molecule has 0 radical (unpaired) electrons. The molecule has 1 heterocycles. The largest absolute Gasteiger partial charge is 0.248 e. The summed E-state index contributed by atoms with van der Waals surface area (Å²) in [6.07, 6.45) is 24.4. The van der Waals surface area contributed by atoms with E-state index in [4.69, 9.17) is 4.98 Å². The van der Waals surface area contributed by atoms with Crippen LogP contribution >= 0.6 is 0 Å². The smallest absolute Gasteiger partial charge is 0.0722 e. The van der Waals surface area contributed by atoms with Crippen LogP contribution in [0.2, 0.25) is 0 Å². The third-order valence-electron chi connectivity index (χ3n) is 10.5. The van der Waals surface area contributed by atoms with Crippen LogP contribution in [0.15, 0.2) is 182 Å². The van der Waals surface area contributed by atoms with Crippen LogP contribution in [-0.4, -0.2) is 4.98 Å². The first-order chi connectivity index (χ1) is 25.1. The first kappa shape index (κ1) is 32.2. The van der Waals surface area contributed by atoms with Crippen molar-refractivity contribution in [1.29, 1.82) is 0 Å². The number of pyridine rings is 1. The van der Waals surface area contributed by atoms with E-state index in [0.717, 1.165) is 40.1 Å². The Morgan fingerprint density at radius 2 is 1.39 bits per heavy atom. The van der Waals surface area contributed by atoms with E-state index in [1.165, 1.54) is 55.7 Å². The maximum Gasteiger partial charge on any atom is 0.0722 e. The van der Waals surface area contributed by atoms with E-state index in [0.29, 0.717) is 0 Å². The minimum Gasteiger partial charge on any atom is -0.248 e. The molecule has 5 aromatic rings. The highest BCUT2D eigenvalue weighted by Crippen LogP contribution is 2.64. The molecule has 0 fully saturated rings. The lowest BCUT2D eigenvalue weighted by Crippen LogP contribution is -2.26. The van der Waals surface area contributed by atoms with Gasteiger partial charge in [0.1, 0.15) is 0 Å². The van der Waals surface area contributed by atoms with Gasteiger partial charge in [-0.2, -0.15) is 0 Å². The average molecular weight is 656 g/mol. The van der Waals surface area contributed by atoms with E-state index in [9.17, 15) is 0 Å². The maximum absolute atomic E-state index is 5.10. The zero-order chi connectivity index (χ0) is 35.0. The fourth-order valence-electron chi connectivity index (χ4n) is 8.23. The van der Waals surface area contributed by atoms with Gasteiger partial charge in [0.15, 0.2) is 0 Å². The zero-order valence-electron chi connectivity index (χ0n) is 29.5. The number of rotatable bonds is 7. The van der Waals surface area contributed by atoms with Crippen molar-refractivity contribution in [2.24, 2.45) is 0 Å². The number of benzene rings is 4. The summed E-state index contributed by atoms with van der Waals surface area (Å²) in [7, 11) is 0. The molecule has 0 aliphatic heterocycles. The Hall–Kier alpha value is -6.05. The van der Waals surface area contributed by atoms with Crippen molar-refractivity contribution in [3.05, 3.63) is 216 Å². The van der Waals surface area contributed by atoms with Crippen LogP contribution in [0.5, 0.6) is 0 Å². The van der Waals surface area contributed by atoms with Crippen LogP contribution in [0.25, 0.3) is 50.1 Å². The van der Waals surface area contributed by atoms with Gasteiger partial charge in [-0.25, -0.2) is 4.98 Å². The Morgan fingerprint density at radius 1 is 0.686 bits per heavy atom. The maximum atomic E-state index is 5.10. The molecule has 4 aromatic carbocycles. The van der Waals surface area contributed by atoms with Crippen LogP contribution in [-0.2, 0) is 5.41 Å². The van der Waals surface area contributed by atoms with Gasteiger partial charge < -0.3 is 0 Å². The molecule has 0 amide bonds. The monoisotopic (exact) mass is 655 g/mol. The van der Waals surface area contributed by atoms with Crippen LogP contribution < -0.4 is 0 Å². The summed E-state index contributed by atoms with van der Waals surface area (Å²) in [6, 6.07) is 38.6. The van der Waals surface area contributed by atoms with Gasteiger partial charge in [0.25, 0.3) is 0 Å². The van der Waals surface area contributed by atoms with E-state index < -0.39 is 0 Å². The molecule has 0 saturated carbocycles. The third-order valence-corrected chi connectivity index (χ3v) is 10.5. The molecule has 0 N–H and O–H groups in total. The average Bonchev–Trinajstić information content (AvgIpc) is 3.47. The third kappa shape index (κ3) is 5.29. The lowest BCUT2D eigenvalue weighted by molar-refractivity contribution is 0.791. The predicted molar refractivity (Wildman–Crippen MR) is 218 cm³/mol. The summed E-state index contributed by atoms with van der Waals surface area (Å²) in [5, 5.41) is 0. The van der Waals surface area contributed by atoms with Crippen molar-refractivity contribution < 1.29 is 0 Å². The second-order valence-electron chi connectivity index (χ2n) is 13.4. The van der Waals surface area contributed by atoms with Gasteiger partial charge in [0.05, 0.1) is 16.8 Å². The summed E-state index contributed by atoms with van der Waals surface area (Å²) < 4.78 is 0. The second-order valence-corrected chi connectivity index (χ2v) is 13.4. The van der Waals surface area contributed by atoms with Crippen molar-refractivity contribution in [2.75, 3.05) is 0 Å². The van der Waals surface area contributed by atoms with Gasteiger partial charge in [0, 0.05) is 0 Å². The number of hydrogen-bond donors (Lipinski definition) is 0. The second kappa shape index (κ2) is 13.3. The van der Waals surface area contributed by atoms with Crippen LogP contribution in [0.4, 0.5) is 0 Å². The predicted octanol–water partition coefficient (Wildman–Crippen LogP) is 13.1. The molecular formula is C50H41N. The number of aromatic nitrogens is 1. The number of fused-ring (bicyclic) bond motifs is 10. The quantitative estimate of drug-likeness (QED) is 0.159. The van der Waals surface area contributed by atoms with Crippen molar-refractivity contribution in [3.63, 3.8) is 0 Å². The first-order valence-corrected chi connectivity index (χ1v) is 17.9. The molecule has 0 bridgehead atoms. The Bertz CT molecular complexity index is 2440. The van der Waals surface area contributed by atoms with Crippen molar-refractivity contribution in [1.82, 2.24) is 4.98 Å². The van der Waals surface area contributed by atoms with E-state index in [1.807, 2.05) is 32.1 Å². The summed E-state index contributed by atoms with van der Waals surface area (Å²) in [6.45, 7) is 10.2. The van der Waals surface area contributed by atoms with Gasteiger partial charge in [-0.1, -0.05) is 152 Å². The SMILES string of the molecule is C=C/C=C(\C=C/C)c1cc(-c2cccc(-c3ccc4c(c3)C3(C5=CCC=CC=C5c5ccccc53)c3ccccc3-4)c2)cc(/C(C)=C/C=C\C)n1. The molecule has 1 nitrogen and oxygen atoms in total. The first-order valence-electron chi connectivity index (χ1n) is 17.9. The highest BCUT2D eigenvalue weighted by molar-refractivity contribution is 6.01. The number of hydrogen-bond acceptors (Lipinski definition) is 1. The normalized spacial score (nSPS) is 17.6. The van der Waals surface area contributed by atoms with Crippen molar-refractivity contribution >= 4 is 16.7 Å². The molecule has 8 rings (SSSR count). The standard InChI is InChI=1S/C50H41N/c1-5-8-19-34(4)48-32-39(33-49(51-48)35(17-6-2)18-7-3)37-21-16-20-36(30-37)38-28-29-43-42-24-13-15-27-46(42)50(47(43)31-38)44-25-11-9-10-22-40(44)41-23-12-14-26-45(41)50/h5-10,12-33H,2,11H2,1,3-4H3/b8-5-,18-7-,34-19+,35-17+. The fraction of sp³-hybridized carbons (Fsp3) is 0.100. The topological polar surface area (TPSA) is 12.9 Å². The molecule has 1 aromatic heterocycles. The molecule has 3 aliphatic rings. The minimum absolute atomic E-state index is 0.361. The van der Waals surface area contributed by atoms with E-state index in [2.05, 4.69) is 165 Å². The van der Waals surface area contributed by atoms with Gasteiger partial charge in [-0.3, -0.25) is 0 Å². The summed E-state index contributed by atoms with van der Waals surface area (Å²) in [5.74, 6) is 0. The fourth-order valence-corrected chi connectivity index (χ4v) is 8.23. The van der Waals surface area contributed by atoms with Gasteiger partial charge >= 0.3 is 0 Å². The summed E-state index contributed by atoms with van der Waals surface area (Å²) in [4.78, 5) is 5.10. The Morgan fingerprint density at radius 3 is 2.18 bits per heavy atom. The Kier molecular flexibility index (Phi) is 8.42. The Labute approximate surface area is 302 Å². The molecule has 1 heteroatoms. The van der Waals surface area contributed by atoms with E-state index >= 15 is 0 Å². The van der Waals surface area contributed by atoms with E-state index in [-0.39, 0.29) is 5.41 Å². The van der Waals surface area contributed by atoms with Crippen LogP contribution in [0, 0.1) is 0 Å². The van der Waals surface area contributed by atoms with Crippen LogP contribution in [0.3, 0.4) is 0 Å². The molecule has 1 atom stereocenters. The summed E-state index contributed by atoms with van der Waals surface area (Å²) in [5.41, 5.74) is 19.2. The van der Waals surface area contributed by atoms with Crippen LogP contribution in [0.1, 0.15) is 60.8 Å². The number of nitrogens with zero attached hydrogens (tertiary/aromatic N) is 1. The number of allylic oxidation sites excluding steroid dienone is 15. The minimum atomic E-state index is -0.361. The molecule has 3 aliphatic carbocycles. The Balaban J connectivity index is 1.31. The molecule has 0 saturated heterocycles. The molecule has 51 heavy (non-hydrogen) atoms. The highest BCUT2D eigenvalue weighted by atomic mass is 14.7. The molecule has 1 unspecified atom stereocenters. The molecule has 246 valence electrons. The lowest BCUT2D eigenvalue weighted by Gasteiger charge is -2.31. The zero-order valence-corrected chi connectivity index (χ0v) is 29.5. The van der Waals surface area contributed by atoms with Crippen molar-refractivity contribution in [3.8, 4) is 33.4 Å². The highest BCUT2D eigenvalue weighted by Gasteiger charge is 2.53. The van der Waals surface area contributed by atoms with Crippen molar-refractivity contribution in [2.45, 2.75) is 32.6 Å². The van der Waals surface area contributed by atoms with Gasteiger partial charge in [0.2, 0.25) is 0 Å². The summed E-state index contributed by atoms with van der Waals surface area (Å²) >= 11 is 0. The van der Waals surface area contributed by atoms with E-state index in [1.54, 1.807) is 0 Å². The van der Waals surface area contributed by atoms with Gasteiger partial charge in [-0.05, 0) is 129 Å². The molecule has 1 spiro atoms. The lowest BCUT2D eigenvalue weighted by atomic mass is 9.70. The van der Waals surface area contributed by atoms with Gasteiger partial charge in [-0.15, -0.1) is 0 Å². The molecular weight excluding hydrogens is 615 g/mol.